The molecular formula is C10H20N2O3. The molecule has 1 atom stereocenters. The zero-order valence-electron chi connectivity index (χ0n) is 9.40. The van der Waals surface area contributed by atoms with Gasteiger partial charge in [0.25, 0.3) is 0 Å². The normalized spacial score (nSPS) is 17.5. The quantitative estimate of drug-likeness (QED) is 0.585. The molecule has 0 spiro atoms. The first-order valence-corrected chi connectivity index (χ1v) is 5.28. The lowest BCUT2D eigenvalue weighted by atomic mass is 10.3. The summed E-state index contributed by atoms with van der Waals surface area (Å²) in [5.41, 5.74) is 0. The fourth-order valence-electron chi connectivity index (χ4n) is 1.40. The van der Waals surface area contributed by atoms with E-state index in [2.05, 4.69) is 5.32 Å². The van der Waals surface area contributed by atoms with Crippen LogP contribution in [0.15, 0.2) is 0 Å². The molecule has 1 saturated carbocycles. The van der Waals surface area contributed by atoms with E-state index in [9.17, 15) is 4.79 Å². The molecule has 5 heteroatoms. The monoisotopic (exact) mass is 216 g/mol. The first-order chi connectivity index (χ1) is 7.19. The van der Waals surface area contributed by atoms with E-state index in [-0.39, 0.29) is 25.1 Å². The van der Waals surface area contributed by atoms with Crippen LogP contribution in [0.4, 0.5) is 0 Å². The maximum absolute atomic E-state index is 11.6. The van der Waals surface area contributed by atoms with Crippen LogP contribution in [0.3, 0.4) is 0 Å². The van der Waals surface area contributed by atoms with Crippen LogP contribution in [0.1, 0.15) is 12.8 Å². The highest BCUT2D eigenvalue weighted by molar-refractivity contribution is 5.78. The Kier molecular flexibility index (Phi) is 5.01. The number of carbonyl (C=O) groups is 1. The smallest absolute Gasteiger partial charge is 0.236 e. The number of rotatable bonds is 7. The predicted octanol–water partition coefficient (Wildman–Crippen LogP) is -0.796. The molecule has 2 N–H and O–H groups in total. The topological polar surface area (TPSA) is 61.8 Å². The summed E-state index contributed by atoms with van der Waals surface area (Å²) in [6.07, 6.45) is 2.23. The van der Waals surface area contributed by atoms with Crippen LogP contribution in [0.5, 0.6) is 0 Å². The number of nitrogens with zero attached hydrogens (tertiary/aromatic N) is 1. The standard InChI is InChI=1S/C10H20N2O3/c1-12(9-3-4-9)10(14)5-11-8(6-13)7-15-2/h8-9,11,13H,3-7H2,1-2H3. The van der Waals surface area contributed by atoms with E-state index >= 15 is 0 Å². The second kappa shape index (κ2) is 6.05. The number of nitrogens with one attached hydrogen (secondary N) is 1. The number of aliphatic hydroxyl groups is 1. The van der Waals surface area contributed by atoms with Gasteiger partial charge in [-0.15, -0.1) is 0 Å². The van der Waals surface area contributed by atoms with Crippen LogP contribution in [0.25, 0.3) is 0 Å². The minimum Gasteiger partial charge on any atom is -0.395 e. The third kappa shape index (κ3) is 4.15. The van der Waals surface area contributed by atoms with Crippen LogP contribution in [0, 0.1) is 0 Å². The number of likely N-dealkylation sites (N-methyl/N-ethyl adjacent to an activating group) is 1. The molecular weight excluding hydrogens is 196 g/mol. The molecule has 5 nitrogen and oxygen atoms in total. The summed E-state index contributed by atoms with van der Waals surface area (Å²) in [6.45, 7) is 0.659. The van der Waals surface area contributed by atoms with E-state index in [0.717, 1.165) is 12.8 Å². The van der Waals surface area contributed by atoms with Crippen molar-refractivity contribution in [1.82, 2.24) is 10.2 Å². The van der Waals surface area contributed by atoms with Gasteiger partial charge in [-0.1, -0.05) is 0 Å². The van der Waals surface area contributed by atoms with Crippen molar-refractivity contribution in [2.75, 3.05) is 33.9 Å². The molecule has 0 aromatic carbocycles. The van der Waals surface area contributed by atoms with Crippen molar-refractivity contribution >= 4 is 5.91 Å². The molecule has 1 rings (SSSR count). The van der Waals surface area contributed by atoms with Crippen molar-refractivity contribution in [2.45, 2.75) is 24.9 Å². The minimum atomic E-state index is -0.161. The van der Waals surface area contributed by atoms with Crippen LogP contribution < -0.4 is 5.32 Å². The van der Waals surface area contributed by atoms with Crippen LogP contribution in [-0.4, -0.2) is 61.9 Å². The summed E-state index contributed by atoms with van der Waals surface area (Å²) in [6, 6.07) is 0.279. The molecule has 1 fully saturated rings. The zero-order chi connectivity index (χ0) is 11.3. The minimum absolute atomic E-state index is 0.0196. The third-order valence-electron chi connectivity index (χ3n) is 2.62. The van der Waals surface area contributed by atoms with Crippen LogP contribution in [0.2, 0.25) is 0 Å². The Morgan fingerprint density at radius 1 is 1.67 bits per heavy atom. The summed E-state index contributed by atoms with van der Waals surface area (Å²) in [7, 11) is 3.40. The molecule has 0 aromatic heterocycles. The molecule has 15 heavy (non-hydrogen) atoms. The largest absolute Gasteiger partial charge is 0.395 e. The number of carbonyl (C=O) groups excluding carboxylic acids is 1. The Balaban J connectivity index is 2.19. The molecule has 0 aliphatic heterocycles. The molecule has 88 valence electrons. The van der Waals surface area contributed by atoms with Gasteiger partial charge in [-0.3, -0.25) is 4.79 Å². The summed E-state index contributed by atoms with van der Waals surface area (Å²) >= 11 is 0. The van der Waals surface area contributed by atoms with Gasteiger partial charge < -0.3 is 20.1 Å². The number of hydrogen-bond donors (Lipinski definition) is 2. The Bertz CT molecular complexity index is 207. The predicted molar refractivity (Wildman–Crippen MR) is 56.5 cm³/mol. The van der Waals surface area contributed by atoms with Crippen molar-refractivity contribution in [1.29, 1.82) is 0 Å². The van der Waals surface area contributed by atoms with E-state index in [4.69, 9.17) is 9.84 Å². The summed E-state index contributed by atoms with van der Waals surface area (Å²) in [4.78, 5) is 13.4. The Morgan fingerprint density at radius 2 is 2.33 bits per heavy atom. The van der Waals surface area contributed by atoms with Crippen molar-refractivity contribution in [3.63, 3.8) is 0 Å². The maximum Gasteiger partial charge on any atom is 0.236 e. The first kappa shape index (κ1) is 12.4. The fraction of sp³-hybridized carbons (Fsp3) is 0.900. The average Bonchev–Trinajstić information content (AvgIpc) is 3.06. The van der Waals surface area contributed by atoms with E-state index in [1.165, 1.54) is 0 Å². The third-order valence-corrected chi connectivity index (χ3v) is 2.62. The second-order valence-corrected chi connectivity index (χ2v) is 3.95. The Hall–Kier alpha value is -0.650. The molecule has 1 aliphatic rings. The lowest BCUT2D eigenvalue weighted by Gasteiger charge is -2.19. The fourth-order valence-corrected chi connectivity index (χ4v) is 1.40. The highest BCUT2D eigenvalue weighted by Gasteiger charge is 2.29. The summed E-state index contributed by atoms with van der Waals surface area (Å²) in [5.74, 6) is 0.0760. The van der Waals surface area contributed by atoms with E-state index < -0.39 is 0 Å². The molecule has 1 unspecified atom stereocenters. The maximum atomic E-state index is 11.6. The lowest BCUT2D eigenvalue weighted by molar-refractivity contribution is -0.129. The molecule has 1 amide bonds. The van der Waals surface area contributed by atoms with Crippen molar-refractivity contribution < 1.29 is 14.6 Å². The molecule has 0 heterocycles. The van der Waals surface area contributed by atoms with E-state index in [1.807, 2.05) is 7.05 Å². The van der Waals surface area contributed by atoms with Gasteiger partial charge in [0.1, 0.15) is 0 Å². The van der Waals surface area contributed by atoms with Crippen molar-refractivity contribution in [2.24, 2.45) is 0 Å². The van der Waals surface area contributed by atoms with Crippen molar-refractivity contribution in [3.05, 3.63) is 0 Å². The second-order valence-electron chi connectivity index (χ2n) is 3.95. The number of aliphatic hydroxyl groups excluding tert-OH is 1. The van der Waals surface area contributed by atoms with Gasteiger partial charge in [0.2, 0.25) is 5.91 Å². The van der Waals surface area contributed by atoms with Gasteiger partial charge >= 0.3 is 0 Å². The molecule has 0 aromatic rings. The molecule has 0 saturated heterocycles. The van der Waals surface area contributed by atoms with Gasteiger partial charge in [-0.2, -0.15) is 0 Å². The highest BCUT2D eigenvalue weighted by Crippen LogP contribution is 2.24. The van der Waals surface area contributed by atoms with Crippen LogP contribution in [-0.2, 0) is 9.53 Å². The number of methoxy groups -OCH3 is 1. The molecule has 0 radical (unpaired) electrons. The summed E-state index contributed by atoms with van der Waals surface area (Å²) in [5, 5.41) is 11.9. The SMILES string of the molecule is COCC(CO)NCC(=O)N(C)C1CC1. The Labute approximate surface area is 90.4 Å². The number of hydrogen-bond acceptors (Lipinski definition) is 4. The van der Waals surface area contributed by atoms with Gasteiger partial charge in [0.05, 0.1) is 25.8 Å². The van der Waals surface area contributed by atoms with Gasteiger partial charge in [-0.25, -0.2) is 0 Å². The van der Waals surface area contributed by atoms with Gasteiger partial charge in [0, 0.05) is 20.2 Å². The zero-order valence-corrected chi connectivity index (χ0v) is 9.40. The number of ether oxygens (including phenoxy) is 1. The van der Waals surface area contributed by atoms with E-state index in [1.54, 1.807) is 12.0 Å². The average molecular weight is 216 g/mol. The van der Waals surface area contributed by atoms with E-state index in [0.29, 0.717) is 12.6 Å². The Morgan fingerprint density at radius 3 is 2.80 bits per heavy atom. The van der Waals surface area contributed by atoms with Gasteiger partial charge in [-0.05, 0) is 12.8 Å². The first-order valence-electron chi connectivity index (χ1n) is 5.28. The summed E-state index contributed by atoms with van der Waals surface area (Å²) < 4.78 is 4.90. The molecule has 0 bridgehead atoms. The number of amides is 1. The highest BCUT2D eigenvalue weighted by atomic mass is 16.5. The van der Waals surface area contributed by atoms with Crippen LogP contribution >= 0.6 is 0 Å². The molecule has 1 aliphatic carbocycles. The van der Waals surface area contributed by atoms with Crippen molar-refractivity contribution in [3.8, 4) is 0 Å². The lowest BCUT2D eigenvalue weighted by Crippen LogP contribution is -2.44. The van der Waals surface area contributed by atoms with Gasteiger partial charge in [0.15, 0.2) is 0 Å².